The van der Waals surface area contributed by atoms with Gasteiger partial charge in [0.2, 0.25) is 0 Å². The second-order valence-corrected chi connectivity index (χ2v) is 5.84. The number of phenolic OH excluding ortho intramolecular Hbond substituents is 1. The Hall–Kier alpha value is -2.72. The Morgan fingerprint density at radius 3 is 2.71 bits per heavy atom. The van der Waals surface area contributed by atoms with Gasteiger partial charge in [0.1, 0.15) is 5.75 Å². The molecule has 0 atom stereocenters. The number of hydrogen-bond acceptors (Lipinski definition) is 2. The van der Waals surface area contributed by atoms with Crippen LogP contribution in [0.25, 0.3) is 10.8 Å². The molecule has 0 bridgehead atoms. The zero-order valence-electron chi connectivity index (χ0n) is 12.9. The van der Waals surface area contributed by atoms with Crippen LogP contribution in [-0.2, 0) is 6.42 Å². The molecular weight excluding hydrogens is 324 g/mol. The van der Waals surface area contributed by atoms with Crippen LogP contribution in [0.3, 0.4) is 0 Å². The van der Waals surface area contributed by atoms with Gasteiger partial charge in [-0.3, -0.25) is 0 Å². The molecule has 0 saturated carbocycles. The number of rotatable bonds is 4. The number of anilines is 1. The molecule has 3 aromatic carbocycles. The number of carbonyl (C=O) groups is 1. The van der Waals surface area contributed by atoms with E-state index in [1.165, 1.54) is 0 Å². The van der Waals surface area contributed by atoms with E-state index in [1.54, 1.807) is 18.2 Å². The topological polar surface area (TPSA) is 61.4 Å². The Bertz CT molecular complexity index is 880. The first kappa shape index (κ1) is 16.1. The van der Waals surface area contributed by atoms with E-state index in [-0.39, 0.29) is 11.8 Å². The van der Waals surface area contributed by atoms with Gasteiger partial charge in [-0.05, 0) is 41.6 Å². The maximum Gasteiger partial charge on any atom is 0.319 e. The van der Waals surface area contributed by atoms with Gasteiger partial charge in [0, 0.05) is 17.0 Å². The molecule has 2 amide bonds. The predicted octanol–water partition coefficient (Wildman–Crippen LogP) is 4.56. The highest BCUT2D eigenvalue weighted by atomic mass is 35.5. The summed E-state index contributed by atoms with van der Waals surface area (Å²) >= 11 is 6.10. The molecule has 3 aromatic rings. The Morgan fingerprint density at radius 2 is 1.88 bits per heavy atom. The van der Waals surface area contributed by atoms with Gasteiger partial charge in [0.05, 0.1) is 5.69 Å². The fourth-order valence-corrected chi connectivity index (χ4v) is 2.78. The zero-order chi connectivity index (χ0) is 16.9. The first-order valence-corrected chi connectivity index (χ1v) is 8.01. The fourth-order valence-electron chi connectivity index (χ4n) is 2.55. The lowest BCUT2D eigenvalue weighted by Crippen LogP contribution is -2.30. The van der Waals surface area contributed by atoms with Crippen LogP contribution in [0, 0.1) is 0 Å². The lowest BCUT2D eigenvalue weighted by atomic mass is 10.1. The summed E-state index contributed by atoms with van der Waals surface area (Å²) in [5, 5.41) is 17.7. The molecule has 0 radical (unpaired) electrons. The second-order valence-electron chi connectivity index (χ2n) is 5.43. The number of benzene rings is 3. The predicted molar refractivity (Wildman–Crippen MR) is 97.8 cm³/mol. The summed E-state index contributed by atoms with van der Waals surface area (Å²) in [6, 6.07) is 17.9. The van der Waals surface area contributed by atoms with Crippen molar-refractivity contribution in [3.8, 4) is 5.75 Å². The molecule has 122 valence electrons. The molecule has 0 aliphatic carbocycles. The van der Waals surface area contributed by atoms with Crippen LogP contribution in [-0.4, -0.2) is 17.7 Å². The molecule has 3 rings (SSSR count). The minimum Gasteiger partial charge on any atom is -0.508 e. The quantitative estimate of drug-likeness (QED) is 0.651. The van der Waals surface area contributed by atoms with Gasteiger partial charge in [0.25, 0.3) is 0 Å². The van der Waals surface area contributed by atoms with Crippen molar-refractivity contribution in [2.45, 2.75) is 6.42 Å². The lowest BCUT2D eigenvalue weighted by Gasteiger charge is -2.11. The van der Waals surface area contributed by atoms with Crippen molar-refractivity contribution >= 4 is 34.1 Å². The van der Waals surface area contributed by atoms with Crippen molar-refractivity contribution in [2.24, 2.45) is 0 Å². The van der Waals surface area contributed by atoms with Gasteiger partial charge in [-0.1, -0.05) is 48.0 Å². The molecule has 24 heavy (non-hydrogen) atoms. The van der Waals surface area contributed by atoms with Gasteiger partial charge >= 0.3 is 6.03 Å². The van der Waals surface area contributed by atoms with E-state index in [2.05, 4.69) is 10.6 Å². The summed E-state index contributed by atoms with van der Waals surface area (Å²) in [5.74, 6) is 0.163. The average Bonchev–Trinajstić information content (AvgIpc) is 2.57. The fraction of sp³-hybridized carbons (Fsp3) is 0.105. The molecule has 5 heteroatoms. The molecule has 0 unspecified atom stereocenters. The smallest absolute Gasteiger partial charge is 0.319 e. The van der Waals surface area contributed by atoms with E-state index >= 15 is 0 Å². The third kappa shape index (κ3) is 3.78. The maximum atomic E-state index is 12.1. The molecule has 0 heterocycles. The summed E-state index contributed by atoms with van der Waals surface area (Å²) in [5.41, 5.74) is 1.65. The summed E-state index contributed by atoms with van der Waals surface area (Å²) in [6.07, 6.45) is 0.656. The highest BCUT2D eigenvalue weighted by Gasteiger charge is 2.06. The van der Waals surface area contributed by atoms with Crippen LogP contribution in [0.2, 0.25) is 5.02 Å². The van der Waals surface area contributed by atoms with Crippen LogP contribution >= 0.6 is 11.6 Å². The van der Waals surface area contributed by atoms with E-state index in [0.717, 1.165) is 16.3 Å². The number of urea groups is 1. The van der Waals surface area contributed by atoms with Crippen LogP contribution in [0.4, 0.5) is 10.5 Å². The third-order valence-electron chi connectivity index (χ3n) is 3.75. The van der Waals surface area contributed by atoms with Crippen molar-refractivity contribution < 1.29 is 9.90 Å². The van der Waals surface area contributed by atoms with Crippen molar-refractivity contribution in [3.63, 3.8) is 0 Å². The largest absolute Gasteiger partial charge is 0.508 e. The van der Waals surface area contributed by atoms with Crippen molar-refractivity contribution in [2.75, 3.05) is 11.9 Å². The molecule has 3 N–H and O–H groups in total. The van der Waals surface area contributed by atoms with Gasteiger partial charge in [-0.25, -0.2) is 4.79 Å². The monoisotopic (exact) mass is 340 g/mol. The number of aromatic hydroxyl groups is 1. The first-order chi connectivity index (χ1) is 11.6. The summed E-state index contributed by atoms with van der Waals surface area (Å²) < 4.78 is 0. The number of fused-ring (bicyclic) bond motifs is 1. The third-order valence-corrected chi connectivity index (χ3v) is 4.12. The minimum atomic E-state index is -0.294. The molecule has 0 saturated heterocycles. The zero-order valence-corrected chi connectivity index (χ0v) is 13.7. The van der Waals surface area contributed by atoms with E-state index in [0.29, 0.717) is 23.7 Å². The van der Waals surface area contributed by atoms with Crippen molar-refractivity contribution in [1.29, 1.82) is 0 Å². The molecular formula is C19H17ClN2O2. The van der Waals surface area contributed by atoms with Crippen LogP contribution in [0.15, 0.2) is 60.7 Å². The molecule has 0 spiro atoms. The molecule has 0 aromatic heterocycles. The van der Waals surface area contributed by atoms with E-state index in [9.17, 15) is 9.90 Å². The molecule has 0 aliphatic rings. The number of nitrogens with one attached hydrogen (secondary N) is 2. The number of hydrogen-bond donors (Lipinski definition) is 3. The Balaban J connectivity index is 1.63. The highest BCUT2D eigenvalue weighted by molar-refractivity contribution is 6.31. The van der Waals surface area contributed by atoms with Gasteiger partial charge < -0.3 is 15.7 Å². The Morgan fingerprint density at radius 1 is 1.04 bits per heavy atom. The second kappa shape index (κ2) is 7.23. The highest BCUT2D eigenvalue weighted by Crippen LogP contribution is 2.26. The summed E-state index contributed by atoms with van der Waals surface area (Å²) in [7, 11) is 0. The Kier molecular flexibility index (Phi) is 4.87. The summed E-state index contributed by atoms with van der Waals surface area (Å²) in [6.45, 7) is 0.478. The standard InChI is InChI=1S/C19H17ClN2O2/c20-17-6-2-1-4-14(17)10-11-21-19(24)22-18-7-3-5-13-8-9-15(23)12-16(13)18/h1-9,12,23H,10-11H2,(H2,21,22,24). The van der Waals surface area contributed by atoms with Crippen LogP contribution < -0.4 is 10.6 Å². The average molecular weight is 341 g/mol. The summed E-state index contributed by atoms with van der Waals surface area (Å²) in [4.78, 5) is 12.1. The SMILES string of the molecule is O=C(NCCc1ccccc1Cl)Nc1cccc2ccc(O)cc12. The van der Waals surface area contributed by atoms with Gasteiger partial charge in [0.15, 0.2) is 0 Å². The van der Waals surface area contributed by atoms with Crippen molar-refractivity contribution in [1.82, 2.24) is 5.32 Å². The van der Waals surface area contributed by atoms with Gasteiger partial charge in [-0.2, -0.15) is 0 Å². The number of phenols is 1. The molecule has 4 nitrogen and oxygen atoms in total. The number of amides is 2. The first-order valence-electron chi connectivity index (χ1n) is 7.63. The normalized spacial score (nSPS) is 10.5. The minimum absolute atomic E-state index is 0.163. The lowest BCUT2D eigenvalue weighted by molar-refractivity contribution is 0.252. The van der Waals surface area contributed by atoms with E-state index in [4.69, 9.17) is 11.6 Å². The van der Waals surface area contributed by atoms with E-state index < -0.39 is 0 Å². The number of carbonyl (C=O) groups excluding carboxylic acids is 1. The van der Waals surface area contributed by atoms with Crippen molar-refractivity contribution in [3.05, 3.63) is 71.2 Å². The molecule has 0 aliphatic heterocycles. The van der Waals surface area contributed by atoms with Gasteiger partial charge in [-0.15, -0.1) is 0 Å². The Labute approximate surface area is 145 Å². The van der Waals surface area contributed by atoms with E-state index in [1.807, 2.05) is 42.5 Å². The van der Waals surface area contributed by atoms with Crippen LogP contribution in [0.1, 0.15) is 5.56 Å². The van der Waals surface area contributed by atoms with Crippen LogP contribution in [0.5, 0.6) is 5.75 Å². The maximum absolute atomic E-state index is 12.1. The number of halogens is 1. The molecule has 0 fully saturated rings.